The number of hydrogen-bond donors (Lipinski definition) is 2. The van der Waals surface area contributed by atoms with Crippen LogP contribution in [-0.2, 0) is 14.3 Å². The quantitative estimate of drug-likeness (QED) is 0.557. The van der Waals surface area contributed by atoms with Gasteiger partial charge in [0.05, 0.1) is 13.5 Å². The summed E-state index contributed by atoms with van der Waals surface area (Å²) >= 11 is 0. The van der Waals surface area contributed by atoms with E-state index in [2.05, 4.69) is 10.1 Å². The van der Waals surface area contributed by atoms with Gasteiger partial charge in [0, 0.05) is 6.54 Å². The number of carboxylic acids is 1. The molecule has 12 heavy (non-hydrogen) atoms. The number of rotatable bonds is 5. The summed E-state index contributed by atoms with van der Waals surface area (Å²) in [5.41, 5.74) is 0. The number of nitrogens with one attached hydrogen (secondary N) is 1. The van der Waals surface area contributed by atoms with E-state index in [0.29, 0.717) is 0 Å². The summed E-state index contributed by atoms with van der Waals surface area (Å²) in [4.78, 5) is 20.8. The van der Waals surface area contributed by atoms with Gasteiger partial charge in [0.15, 0.2) is 0 Å². The van der Waals surface area contributed by atoms with Gasteiger partial charge in [-0.3, -0.25) is 9.59 Å². The minimum atomic E-state index is -0.889. The molecule has 5 nitrogen and oxygen atoms in total. The molecule has 0 saturated carbocycles. The number of esters is 1. The second-order valence-corrected chi connectivity index (χ2v) is 2.34. The average molecular weight is 175 g/mol. The van der Waals surface area contributed by atoms with Crippen LogP contribution in [0.5, 0.6) is 0 Å². The largest absolute Gasteiger partial charge is 0.481 e. The molecule has 0 aromatic heterocycles. The van der Waals surface area contributed by atoms with Crippen LogP contribution in [0.2, 0.25) is 0 Å². The van der Waals surface area contributed by atoms with E-state index in [1.165, 1.54) is 7.11 Å². The molecular formula is C7H13NO4. The number of carbonyl (C=O) groups excluding carboxylic acids is 1. The van der Waals surface area contributed by atoms with Crippen LogP contribution < -0.4 is 5.32 Å². The fourth-order valence-corrected chi connectivity index (χ4v) is 0.656. The van der Waals surface area contributed by atoms with Crippen LogP contribution in [0.15, 0.2) is 0 Å². The van der Waals surface area contributed by atoms with Gasteiger partial charge in [0.2, 0.25) is 0 Å². The molecule has 0 bridgehead atoms. The third kappa shape index (κ3) is 4.68. The molecular weight excluding hydrogens is 162 g/mol. The summed E-state index contributed by atoms with van der Waals surface area (Å²) in [7, 11) is 1.29. The Morgan fingerprint density at radius 2 is 2.17 bits per heavy atom. The summed E-state index contributed by atoms with van der Waals surface area (Å²) in [6, 6.07) is -0.450. The highest BCUT2D eigenvalue weighted by atomic mass is 16.5. The molecule has 0 heterocycles. The smallest absolute Gasteiger partial charge is 0.322 e. The van der Waals surface area contributed by atoms with Crippen LogP contribution in [0.25, 0.3) is 0 Å². The first-order chi connectivity index (χ1) is 5.57. The first kappa shape index (κ1) is 10.9. The number of methoxy groups -OCH3 is 1. The van der Waals surface area contributed by atoms with E-state index < -0.39 is 12.0 Å². The van der Waals surface area contributed by atoms with E-state index in [-0.39, 0.29) is 18.9 Å². The Kier molecular flexibility index (Phi) is 5.03. The Morgan fingerprint density at radius 1 is 1.58 bits per heavy atom. The minimum Gasteiger partial charge on any atom is -0.481 e. The molecule has 0 fully saturated rings. The summed E-state index contributed by atoms with van der Waals surface area (Å²) in [5, 5.41) is 11.0. The van der Waals surface area contributed by atoms with E-state index in [4.69, 9.17) is 5.11 Å². The Hall–Kier alpha value is -1.10. The maximum atomic E-state index is 10.8. The summed E-state index contributed by atoms with van der Waals surface area (Å²) in [5.74, 6) is -1.28. The molecule has 0 aliphatic heterocycles. The SMILES string of the molecule is COC(=O)C(C)NCCC(=O)O. The van der Waals surface area contributed by atoms with Crippen molar-refractivity contribution in [1.82, 2.24) is 5.32 Å². The Bertz CT molecular complexity index is 169. The summed E-state index contributed by atoms with van der Waals surface area (Å²) < 4.78 is 4.42. The normalized spacial score (nSPS) is 12.2. The van der Waals surface area contributed by atoms with Crippen LogP contribution in [0.4, 0.5) is 0 Å². The lowest BCUT2D eigenvalue weighted by Crippen LogP contribution is -2.36. The van der Waals surface area contributed by atoms with Crippen LogP contribution in [0.1, 0.15) is 13.3 Å². The van der Waals surface area contributed by atoms with E-state index >= 15 is 0 Å². The van der Waals surface area contributed by atoms with Crippen molar-refractivity contribution >= 4 is 11.9 Å². The number of carboxylic acid groups (broad SMARTS) is 1. The molecule has 1 atom stereocenters. The summed E-state index contributed by atoms with van der Waals surface area (Å²) in [6.07, 6.45) is 0.00132. The van der Waals surface area contributed by atoms with Crippen molar-refractivity contribution in [2.45, 2.75) is 19.4 Å². The third-order valence-electron chi connectivity index (χ3n) is 1.34. The number of ether oxygens (including phenoxy) is 1. The van der Waals surface area contributed by atoms with Crippen molar-refractivity contribution in [3.8, 4) is 0 Å². The van der Waals surface area contributed by atoms with Crippen LogP contribution >= 0.6 is 0 Å². The van der Waals surface area contributed by atoms with Crippen LogP contribution in [-0.4, -0.2) is 36.7 Å². The Labute approximate surface area is 70.7 Å². The van der Waals surface area contributed by atoms with Crippen molar-refractivity contribution in [3.05, 3.63) is 0 Å². The van der Waals surface area contributed by atoms with Gasteiger partial charge in [0.25, 0.3) is 0 Å². The molecule has 0 aromatic carbocycles. The highest BCUT2D eigenvalue weighted by molar-refractivity contribution is 5.75. The lowest BCUT2D eigenvalue weighted by Gasteiger charge is -2.09. The van der Waals surface area contributed by atoms with E-state index in [1.54, 1.807) is 6.92 Å². The minimum absolute atomic E-state index is 0.00132. The predicted octanol–water partition coefficient (Wildman–Crippen LogP) is -0.388. The maximum Gasteiger partial charge on any atom is 0.322 e. The molecule has 0 amide bonds. The molecule has 0 aliphatic rings. The van der Waals surface area contributed by atoms with E-state index in [0.717, 1.165) is 0 Å². The Balaban J connectivity index is 3.50. The lowest BCUT2D eigenvalue weighted by molar-refractivity contribution is -0.143. The zero-order valence-electron chi connectivity index (χ0n) is 7.16. The number of aliphatic carboxylic acids is 1. The zero-order valence-corrected chi connectivity index (χ0v) is 7.16. The van der Waals surface area contributed by atoms with Gasteiger partial charge in [-0.2, -0.15) is 0 Å². The van der Waals surface area contributed by atoms with Gasteiger partial charge in [-0.05, 0) is 6.92 Å². The molecule has 70 valence electrons. The van der Waals surface area contributed by atoms with Gasteiger partial charge >= 0.3 is 11.9 Å². The standard InChI is InChI=1S/C7H13NO4/c1-5(7(11)12-2)8-4-3-6(9)10/h5,8H,3-4H2,1-2H3,(H,9,10). The van der Waals surface area contributed by atoms with Gasteiger partial charge in [-0.15, -0.1) is 0 Å². The lowest BCUT2D eigenvalue weighted by atomic mass is 10.3. The van der Waals surface area contributed by atoms with Crippen molar-refractivity contribution in [2.24, 2.45) is 0 Å². The second-order valence-electron chi connectivity index (χ2n) is 2.34. The van der Waals surface area contributed by atoms with E-state index in [1.807, 2.05) is 0 Å². The van der Waals surface area contributed by atoms with E-state index in [9.17, 15) is 9.59 Å². The van der Waals surface area contributed by atoms with Crippen molar-refractivity contribution in [3.63, 3.8) is 0 Å². The molecule has 2 N–H and O–H groups in total. The Morgan fingerprint density at radius 3 is 2.58 bits per heavy atom. The van der Waals surface area contributed by atoms with Crippen molar-refractivity contribution in [1.29, 1.82) is 0 Å². The number of hydrogen-bond acceptors (Lipinski definition) is 4. The topological polar surface area (TPSA) is 75.6 Å². The average Bonchev–Trinajstić information content (AvgIpc) is 2.02. The van der Waals surface area contributed by atoms with Crippen molar-refractivity contribution in [2.75, 3.05) is 13.7 Å². The predicted molar refractivity (Wildman–Crippen MR) is 41.7 cm³/mol. The zero-order chi connectivity index (χ0) is 9.56. The highest BCUT2D eigenvalue weighted by Crippen LogP contribution is 1.86. The van der Waals surface area contributed by atoms with Gasteiger partial charge in [-0.25, -0.2) is 0 Å². The molecule has 0 saturated heterocycles. The summed E-state index contributed by atoms with van der Waals surface area (Å²) in [6.45, 7) is 1.89. The van der Waals surface area contributed by atoms with Crippen LogP contribution in [0, 0.1) is 0 Å². The number of carbonyl (C=O) groups is 2. The first-order valence-corrected chi connectivity index (χ1v) is 3.61. The van der Waals surface area contributed by atoms with Gasteiger partial charge in [0.1, 0.15) is 6.04 Å². The van der Waals surface area contributed by atoms with Gasteiger partial charge < -0.3 is 15.2 Å². The molecule has 0 spiro atoms. The fourth-order valence-electron chi connectivity index (χ4n) is 0.656. The monoisotopic (exact) mass is 175 g/mol. The first-order valence-electron chi connectivity index (χ1n) is 3.61. The molecule has 0 aromatic rings. The molecule has 0 rings (SSSR count). The molecule has 1 unspecified atom stereocenters. The highest BCUT2D eigenvalue weighted by Gasteiger charge is 2.11. The molecule has 5 heteroatoms. The van der Waals surface area contributed by atoms with Crippen LogP contribution in [0.3, 0.4) is 0 Å². The molecule has 0 radical (unpaired) electrons. The molecule has 0 aliphatic carbocycles. The fraction of sp³-hybridized carbons (Fsp3) is 0.714. The maximum absolute atomic E-state index is 10.8. The third-order valence-corrected chi connectivity index (χ3v) is 1.34. The second kappa shape index (κ2) is 5.54. The van der Waals surface area contributed by atoms with Crippen molar-refractivity contribution < 1.29 is 19.4 Å². The van der Waals surface area contributed by atoms with Gasteiger partial charge in [-0.1, -0.05) is 0 Å².